The molecule has 1 atom stereocenters. The molecule has 6 rings (SSSR count). The van der Waals surface area contributed by atoms with E-state index in [1.807, 2.05) is 35.0 Å². The summed E-state index contributed by atoms with van der Waals surface area (Å²) in [6.45, 7) is 11.5. The fraction of sp³-hybridized carbons (Fsp3) is 0.433. The van der Waals surface area contributed by atoms with Crippen LogP contribution in [0.3, 0.4) is 0 Å². The van der Waals surface area contributed by atoms with E-state index >= 15 is 0 Å². The summed E-state index contributed by atoms with van der Waals surface area (Å²) in [6.07, 6.45) is 7.42. The molecule has 7 heteroatoms. The number of anilines is 1. The van der Waals surface area contributed by atoms with Crippen LogP contribution in [-0.4, -0.2) is 51.8 Å². The molecule has 1 spiro atoms. The van der Waals surface area contributed by atoms with Gasteiger partial charge in [-0.1, -0.05) is 36.4 Å². The standard InChI is InChI=1S/C30H34ClN5O/c1-5-26(37)36-17-30(18-36)12-13-35(16-30)29-20(3)27(22-8-6-7-9-24(22)31)23-11-10-21(14-25(23)33-29)28-19(2)15-32-34(28)4/h5-9,15,21H,1,10-14,16-18H2,2-4H3/t21-/m0/s1. The van der Waals surface area contributed by atoms with Gasteiger partial charge >= 0.3 is 0 Å². The Bertz CT molecular complexity index is 1380. The number of halogens is 1. The third kappa shape index (κ3) is 3.97. The van der Waals surface area contributed by atoms with Gasteiger partial charge in [0.1, 0.15) is 5.82 Å². The number of nitrogens with zero attached hydrogens (tertiary/aromatic N) is 5. The van der Waals surface area contributed by atoms with E-state index in [9.17, 15) is 4.79 Å². The average Bonchev–Trinajstić information content (AvgIpc) is 3.46. The first kappa shape index (κ1) is 24.2. The summed E-state index contributed by atoms with van der Waals surface area (Å²) in [5, 5.41) is 5.29. The first-order chi connectivity index (χ1) is 17.8. The van der Waals surface area contributed by atoms with Gasteiger partial charge in [-0.2, -0.15) is 5.10 Å². The van der Waals surface area contributed by atoms with Gasteiger partial charge in [-0.25, -0.2) is 4.98 Å². The fourth-order valence-electron chi connectivity index (χ4n) is 6.99. The third-order valence-electron chi connectivity index (χ3n) is 8.77. The molecule has 0 saturated carbocycles. The highest BCUT2D eigenvalue weighted by atomic mass is 35.5. The minimum atomic E-state index is 0.0321. The molecular weight excluding hydrogens is 482 g/mol. The van der Waals surface area contributed by atoms with Gasteiger partial charge in [0.15, 0.2) is 0 Å². The molecule has 0 radical (unpaired) electrons. The van der Waals surface area contributed by atoms with Gasteiger partial charge in [-0.3, -0.25) is 9.48 Å². The zero-order chi connectivity index (χ0) is 25.9. The lowest BCUT2D eigenvalue weighted by molar-refractivity contribution is -0.136. The SMILES string of the molecule is C=CC(=O)N1CC2(CCN(c3nc4c(c(-c5ccccc5Cl)c3C)CC[C@H](c3c(C)cnn3C)C4)C2)C1. The van der Waals surface area contributed by atoms with E-state index in [0.717, 1.165) is 68.3 Å². The molecule has 0 bridgehead atoms. The lowest BCUT2D eigenvalue weighted by atomic mass is 9.79. The number of hydrogen-bond donors (Lipinski definition) is 0. The second kappa shape index (κ2) is 9.02. The molecule has 2 aromatic heterocycles. The maximum atomic E-state index is 12.1. The molecule has 1 amide bonds. The quantitative estimate of drug-likeness (QED) is 0.445. The summed E-state index contributed by atoms with van der Waals surface area (Å²) >= 11 is 6.78. The number of benzene rings is 1. The number of aryl methyl sites for hydroxylation is 2. The van der Waals surface area contributed by atoms with Crippen molar-refractivity contribution < 1.29 is 4.79 Å². The Morgan fingerprint density at radius 3 is 2.70 bits per heavy atom. The first-order valence-corrected chi connectivity index (χ1v) is 13.6. The van der Waals surface area contributed by atoms with Crippen LogP contribution in [0.25, 0.3) is 11.1 Å². The first-order valence-electron chi connectivity index (χ1n) is 13.2. The number of aromatic nitrogens is 3. The van der Waals surface area contributed by atoms with Gasteiger partial charge in [0.25, 0.3) is 0 Å². The highest BCUT2D eigenvalue weighted by molar-refractivity contribution is 6.33. The molecule has 6 nitrogen and oxygen atoms in total. The van der Waals surface area contributed by atoms with Gasteiger partial charge in [-0.15, -0.1) is 0 Å². The number of fused-ring (bicyclic) bond motifs is 1. The number of amides is 1. The van der Waals surface area contributed by atoms with E-state index in [1.165, 1.54) is 39.7 Å². The van der Waals surface area contributed by atoms with Crippen LogP contribution in [0.4, 0.5) is 5.82 Å². The molecule has 3 aromatic rings. The van der Waals surface area contributed by atoms with Crippen molar-refractivity contribution in [2.45, 2.75) is 45.4 Å². The van der Waals surface area contributed by atoms with Crippen molar-refractivity contribution in [2.24, 2.45) is 12.5 Å². The minimum absolute atomic E-state index is 0.0321. The van der Waals surface area contributed by atoms with Crippen LogP contribution in [0, 0.1) is 19.3 Å². The molecule has 0 N–H and O–H groups in total. The summed E-state index contributed by atoms with van der Waals surface area (Å²) in [5.74, 6) is 1.50. The second-order valence-electron chi connectivity index (χ2n) is 11.2. The summed E-state index contributed by atoms with van der Waals surface area (Å²) in [5.41, 5.74) is 8.80. The Hall–Kier alpha value is -3.12. The smallest absolute Gasteiger partial charge is 0.245 e. The van der Waals surface area contributed by atoms with Crippen LogP contribution >= 0.6 is 11.6 Å². The van der Waals surface area contributed by atoms with Crippen LogP contribution in [0.5, 0.6) is 0 Å². The predicted octanol–water partition coefficient (Wildman–Crippen LogP) is 5.25. The largest absolute Gasteiger partial charge is 0.356 e. The van der Waals surface area contributed by atoms with Crippen molar-refractivity contribution in [3.05, 3.63) is 76.2 Å². The Kier molecular flexibility index (Phi) is 5.90. The molecule has 1 aliphatic carbocycles. The summed E-state index contributed by atoms with van der Waals surface area (Å²) in [6, 6.07) is 8.19. The Labute approximate surface area is 223 Å². The maximum Gasteiger partial charge on any atom is 0.245 e. The van der Waals surface area contributed by atoms with Crippen LogP contribution in [0.1, 0.15) is 46.8 Å². The highest BCUT2D eigenvalue weighted by Gasteiger charge is 2.49. The molecule has 192 valence electrons. The van der Waals surface area contributed by atoms with E-state index in [2.05, 4.69) is 42.6 Å². The van der Waals surface area contributed by atoms with E-state index in [-0.39, 0.29) is 11.3 Å². The summed E-state index contributed by atoms with van der Waals surface area (Å²) in [7, 11) is 2.05. The molecular formula is C30H34ClN5O. The average molecular weight is 516 g/mol. The maximum absolute atomic E-state index is 12.1. The highest BCUT2D eigenvalue weighted by Crippen LogP contribution is 2.46. The summed E-state index contributed by atoms with van der Waals surface area (Å²) < 4.78 is 2.03. The lowest BCUT2D eigenvalue weighted by Crippen LogP contribution is -2.59. The third-order valence-corrected chi connectivity index (χ3v) is 9.10. The van der Waals surface area contributed by atoms with E-state index in [1.54, 1.807) is 0 Å². The zero-order valence-corrected chi connectivity index (χ0v) is 22.7. The van der Waals surface area contributed by atoms with Crippen molar-refractivity contribution in [2.75, 3.05) is 31.1 Å². The number of pyridine rings is 1. The molecule has 4 heterocycles. The normalized spacial score (nSPS) is 20.2. The van der Waals surface area contributed by atoms with E-state index < -0.39 is 0 Å². The Morgan fingerprint density at radius 1 is 1.22 bits per heavy atom. The summed E-state index contributed by atoms with van der Waals surface area (Å²) in [4.78, 5) is 21.8. The molecule has 2 aliphatic heterocycles. The number of carbonyl (C=O) groups is 1. The van der Waals surface area contributed by atoms with Crippen molar-refractivity contribution in [1.82, 2.24) is 19.7 Å². The molecule has 1 aromatic carbocycles. The van der Waals surface area contributed by atoms with Gasteiger partial charge in [0.2, 0.25) is 5.91 Å². The van der Waals surface area contributed by atoms with Crippen molar-refractivity contribution in [3.8, 4) is 11.1 Å². The van der Waals surface area contributed by atoms with E-state index in [0.29, 0.717) is 5.92 Å². The number of rotatable bonds is 4. The van der Waals surface area contributed by atoms with Gasteiger partial charge in [-0.05, 0) is 73.9 Å². The zero-order valence-electron chi connectivity index (χ0n) is 21.9. The van der Waals surface area contributed by atoms with Crippen molar-refractivity contribution in [1.29, 1.82) is 0 Å². The van der Waals surface area contributed by atoms with Crippen molar-refractivity contribution in [3.63, 3.8) is 0 Å². The van der Waals surface area contributed by atoms with Gasteiger partial charge in [0, 0.05) is 66.5 Å². The second-order valence-corrected chi connectivity index (χ2v) is 11.6. The Balaban J connectivity index is 1.40. The topological polar surface area (TPSA) is 54.3 Å². The predicted molar refractivity (Wildman–Crippen MR) is 148 cm³/mol. The molecule has 2 fully saturated rings. The van der Waals surface area contributed by atoms with Crippen LogP contribution < -0.4 is 4.90 Å². The number of likely N-dealkylation sites (tertiary alicyclic amines) is 1. The van der Waals surface area contributed by atoms with Gasteiger partial charge in [0.05, 0.1) is 6.20 Å². The minimum Gasteiger partial charge on any atom is -0.356 e. The number of hydrogen-bond acceptors (Lipinski definition) is 4. The van der Waals surface area contributed by atoms with Crippen molar-refractivity contribution >= 4 is 23.3 Å². The van der Waals surface area contributed by atoms with Crippen LogP contribution in [0.15, 0.2) is 43.1 Å². The van der Waals surface area contributed by atoms with Crippen LogP contribution in [-0.2, 0) is 24.7 Å². The molecule has 2 saturated heterocycles. The molecule has 3 aliphatic rings. The molecule has 37 heavy (non-hydrogen) atoms. The lowest BCUT2D eigenvalue weighted by Gasteiger charge is -2.47. The number of carbonyl (C=O) groups excluding carboxylic acids is 1. The van der Waals surface area contributed by atoms with Crippen LogP contribution in [0.2, 0.25) is 5.02 Å². The monoisotopic (exact) mass is 515 g/mol. The van der Waals surface area contributed by atoms with Gasteiger partial charge < -0.3 is 9.80 Å². The fourth-order valence-corrected chi connectivity index (χ4v) is 7.22. The molecule has 0 unspecified atom stereocenters. The Morgan fingerprint density at radius 2 is 2.00 bits per heavy atom. The van der Waals surface area contributed by atoms with E-state index in [4.69, 9.17) is 16.6 Å².